The Morgan fingerprint density at radius 3 is 2.67 bits per heavy atom. The van der Waals surface area contributed by atoms with E-state index in [1.807, 2.05) is 54.6 Å². The van der Waals surface area contributed by atoms with Crippen LogP contribution in [0.5, 0.6) is 11.5 Å². The number of rotatable bonds is 4. The highest BCUT2D eigenvalue weighted by Gasteiger charge is 2.40. The van der Waals surface area contributed by atoms with Crippen molar-refractivity contribution in [1.82, 2.24) is 9.55 Å². The molecule has 0 radical (unpaired) electrons. The van der Waals surface area contributed by atoms with Crippen LogP contribution in [0.25, 0.3) is 11.0 Å². The number of hydrogen-bond acceptors (Lipinski definition) is 6. The molecule has 166 valence electrons. The number of para-hydroxylation sites is 2. The number of furan rings is 1. The van der Waals surface area contributed by atoms with Crippen molar-refractivity contribution in [3.63, 3.8) is 0 Å². The summed E-state index contributed by atoms with van der Waals surface area (Å²) in [5, 5.41) is 3.47. The Bertz CT molecular complexity index is 1400. The van der Waals surface area contributed by atoms with Gasteiger partial charge in [0.1, 0.15) is 5.76 Å². The third kappa shape index (κ3) is 3.03. The first-order chi connectivity index (χ1) is 16.2. The summed E-state index contributed by atoms with van der Waals surface area (Å²) in [6.45, 7) is 0. The van der Waals surface area contributed by atoms with Crippen LogP contribution in [-0.2, 0) is 4.79 Å². The smallest absolute Gasteiger partial charge is 0.209 e. The molecule has 2 atom stereocenters. The van der Waals surface area contributed by atoms with Crippen LogP contribution in [0.4, 0.5) is 5.95 Å². The number of aromatic nitrogens is 2. The van der Waals surface area contributed by atoms with Gasteiger partial charge in [-0.25, -0.2) is 4.98 Å². The molecular weight excluding hydrogens is 418 g/mol. The fourth-order valence-corrected chi connectivity index (χ4v) is 5.09. The van der Waals surface area contributed by atoms with Gasteiger partial charge < -0.3 is 19.2 Å². The minimum absolute atomic E-state index is 0.000678. The summed E-state index contributed by atoms with van der Waals surface area (Å²) in [6, 6.07) is 17.3. The average Bonchev–Trinajstić information content (AvgIpc) is 3.50. The van der Waals surface area contributed by atoms with Gasteiger partial charge in [0.2, 0.25) is 5.95 Å². The predicted octanol–water partition coefficient (Wildman–Crippen LogP) is 5.06. The maximum Gasteiger partial charge on any atom is 0.209 e. The standard InChI is InChI=1S/C26H23N3O4/c1-31-22-10-9-15(14-23(22)32-2)25-24-18(12-16(13-20(24)30)21-8-5-11-33-21)28-26-27-17-6-3-4-7-19(17)29(25)26/h3-11,14,16,25H,12-13H2,1-2H3,(H,27,28)/t16-,25-/m0/s1. The van der Waals surface area contributed by atoms with Crippen molar-refractivity contribution in [2.45, 2.75) is 24.8 Å². The predicted molar refractivity (Wildman–Crippen MR) is 124 cm³/mol. The molecule has 33 heavy (non-hydrogen) atoms. The number of ether oxygens (including phenoxy) is 2. The van der Waals surface area contributed by atoms with Gasteiger partial charge in [0.05, 0.1) is 37.6 Å². The summed E-state index contributed by atoms with van der Waals surface area (Å²) < 4.78 is 18.8. The third-order valence-electron chi connectivity index (χ3n) is 6.57. The number of ketones is 1. The molecule has 7 heteroatoms. The number of nitrogens with zero attached hydrogens (tertiary/aromatic N) is 2. The van der Waals surface area contributed by atoms with Crippen molar-refractivity contribution < 1.29 is 18.7 Å². The summed E-state index contributed by atoms with van der Waals surface area (Å²) >= 11 is 0. The maximum atomic E-state index is 13.6. The molecule has 2 aromatic carbocycles. The van der Waals surface area contributed by atoms with Gasteiger partial charge in [0.15, 0.2) is 17.3 Å². The molecule has 6 rings (SSSR count). The maximum absolute atomic E-state index is 13.6. The van der Waals surface area contributed by atoms with Crippen molar-refractivity contribution >= 4 is 22.8 Å². The van der Waals surface area contributed by atoms with Gasteiger partial charge in [-0.1, -0.05) is 18.2 Å². The quantitative estimate of drug-likeness (QED) is 0.477. The largest absolute Gasteiger partial charge is 0.493 e. The van der Waals surface area contributed by atoms with Crippen molar-refractivity contribution in [1.29, 1.82) is 0 Å². The molecular formula is C26H23N3O4. The Balaban J connectivity index is 1.55. The molecule has 2 aliphatic rings. The summed E-state index contributed by atoms with van der Waals surface area (Å²) in [5.41, 5.74) is 4.44. The molecule has 1 N–H and O–H groups in total. The molecule has 1 aliphatic carbocycles. The fraction of sp³-hybridized carbons (Fsp3) is 0.231. The average molecular weight is 441 g/mol. The van der Waals surface area contributed by atoms with Crippen LogP contribution in [-0.4, -0.2) is 29.6 Å². The third-order valence-corrected chi connectivity index (χ3v) is 6.57. The van der Waals surface area contributed by atoms with Crippen LogP contribution in [0.2, 0.25) is 0 Å². The number of fused-ring (bicyclic) bond motifs is 3. The summed E-state index contributed by atoms with van der Waals surface area (Å²) in [5.74, 6) is 2.93. The monoisotopic (exact) mass is 441 g/mol. The number of carbonyl (C=O) groups excluding carboxylic acids is 1. The van der Waals surface area contributed by atoms with Crippen LogP contribution >= 0.6 is 0 Å². The minimum atomic E-state index is -0.325. The zero-order chi connectivity index (χ0) is 22.5. The van der Waals surface area contributed by atoms with Crippen LogP contribution in [0, 0.1) is 0 Å². The number of nitrogens with one attached hydrogen (secondary N) is 1. The summed E-state index contributed by atoms with van der Waals surface area (Å²) in [7, 11) is 3.23. The molecule has 0 bridgehead atoms. The first-order valence-electron chi connectivity index (χ1n) is 10.9. The highest BCUT2D eigenvalue weighted by molar-refractivity contribution is 6.01. The Kier molecular flexibility index (Phi) is 4.50. The summed E-state index contributed by atoms with van der Waals surface area (Å²) in [6.07, 6.45) is 2.74. The normalized spacial score (nSPS) is 19.8. The Hall–Kier alpha value is -4.00. The molecule has 0 amide bonds. The number of anilines is 1. The van der Waals surface area contributed by atoms with E-state index in [0.29, 0.717) is 24.3 Å². The molecule has 0 unspecified atom stereocenters. The number of carbonyl (C=O) groups is 1. The van der Waals surface area contributed by atoms with E-state index in [2.05, 4.69) is 9.88 Å². The van der Waals surface area contributed by atoms with Gasteiger partial charge in [0, 0.05) is 23.6 Å². The molecule has 1 aliphatic heterocycles. The van der Waals surface area contributed by atoms with Crippen LogP contribution in [0.1, 0.15) is 36.1 Å². The second kappa shape index (κ2) is 7.55. The van der Waals surface area contributed by atoms with E-state index in [-0.39, 0.29) is 17.7 Å². The first-order valence-corrected chi connectivity index (χ1v) is 10.9. The number of imidazole rings is 1. The number of allylic oxidation sites excluding steroid dienone is 2. The van der Waals surface area contributed by atoms with Crippen molar-refractivity contribution in [3.05, 3.63) is 83.5 Å². The van der Waals surface area contributed by atoms with Gasteiger partial charge in [-0.05, 0) is 48.4 Å². The van der Waals surface area contributed by atoms with Crippen LogP contribution < -0.4 is 14.8 Å². The van der Waals surface area contributed by atoms with E-state index in [4.69, 9.17) is 18.9 Å². The van der Waals surface area contributed by atoms with Gasteiger partial charge in [0.25, 0.3) is 0 Å². The molecule has 3 heterocycles. The van der Waals surface area contributed by atoms with Crippen LogP contribution in [0.15, 0.2) is 76.5 Å². The van der Waals surface area contributed by atoms with Crippen molar-refractivity contribution in [2.75, 3.05) is 19.5 Å². The van der Waals surface area contributed by atoms with E-state index in [0.717, 1.165) is 39.6 Å². The molecule has 2 aromatic heterocycles. The second-order valence-corrected chi connectivity index (χ2v) is 8.37. The molecule has 0 saturated heterocycles. The van der Waals surface area contributed by atoms with Gasteiger partial charge in [-0.2, -0.15) is 0 Å². The molecule has 0 saturated carbocycles. The number of hydrogen-bond donors (Lipinski definition) is 1. The van der Waals surface area contributed by atoms with E-state index in [9.17, 15) is 4.79 Å². The zero-order valence-electron chi connectivity index (χ0n) is 18.4. The zero-order valence-corrected chi connectivity index (χ0v) is 18.4. The SMILES string of the molecule is COc1ccc([C@H]2C3=C(C[C@H](c4ccco4)CC3=O)Nc3nc4ccccc4n32)cc1OC. The Morgan fingerprint density at radius 1 is 1.03 bits per heavy atom. The first kappa shape index (κ1) is 19.7. The lowest BCUT2D eigenvalue weighted by molar-refractivity contribution is -0.116. The van der Waals surface area contributed by atoms with E-state index in [1.165, 1.54) is 0 Å². The van der Waals surface area contributed by atoms with E-state index in [1.54, 1.807) is 20.5 Å². The number of benzene rings is 2. The van der Waals surface area contributed by atoms with Gasteiger partial charge >= 0.3 is 0 Å². The van der Waals surface area contributed by atoms with Crippen molar-refractivity contribution in [2.24, 2.45) is 0 Å². The minimum Gasteiger partial charge on any atom is -0.493 e. The fourth-order valence-electron chi connectivity index (χ4n) is 5.09. The number of methoxy groups -OCH3 is 2. The number of Topliss-reactive ketones (excluding diaryl/α,β-unsaturated/α-hetero) is 1. The Labute approximate surface area is 190 Å². The topological polar surface area (TPSA) is 78.5 Å². The van der Waals surface area contributed by atoms with Crippen molar-refractivity contribution in [3.8, 4) is 11.5 Å². The van der Waals surface area contributed by atoms with Gasteiger partial charge in [-0.3, -0.25) is 9.36 Å². The molecule has 0 spiro atoms. The second-order valence-electron chi connectivity index (χ2n) is 8.37. The van der Waals surface area contributed by atoms with Crippen LogP contribution in [0.3, 0.4) is 0 Å². The Morgan fingerprint density at radius 2 is 1.88 bits per heavy atom. The highest BCUT2D eigenvalue weighted by atomic mass is 16.5. The lowest BCUT2D eigenvalue weighted by atomic mass is 9.79. The lowest BCUT2D eigenvalue weighted by Crippen LogP contribution is -2.33. The molecule has 7 nitrogen and oxygen atoms in total. The highest BCUT2D eigenvalue weighted by Crippen LogP contribution is 2.47. The molecule has 4 aromatic rings. The summed E-state index contributed by atoms with van der Waals surface area (Å²) in [4.78, 5) is 18.5. The van der Waals surface area contributed by atoms with E-state index >= 15 is 0 Å². The molecule has 0 fully saturated rings. The lowest BCUT2D eigenvalue weighted by Gasteiger charge is -2.36. The van der Waals surface area contributed by atoms with Gasteiger partial charge in [-0.15, -0.1) is 0 Å². The van der Waals surface area contributed by atoms with E-state index < -0.39 is 0 Å².